The summed E-state index contributed by atoms with van der Waals surface area (Å²) in [6, 6.07) is 3.35. The van der Waals surface area contributed by atoms with Gasteiger partial charge in [0, 0.05) is 17.8 Å². The minimum absolute atomic E-state index is 0.490. The maximum Gasteiger partial charge on any atom is 0.106 e. The number of rotatable bonds is 0. The summed E-state index contributed by atoms with van der Waals surface area (Å²) in [5, 5.41) is 3.55. The molecule has 2 nitrogen and oxygen atoms in total. The second-order valence-corrected chi connectivity index (χ2v) is 5.97. The average molecular weight is 334 g/mol. The van der Waals surface area contributed by atoms with Crippen molar-refractivity contribution in [3.63, 3.8) is 0 Å². The van der Waals surface area contributed by atoms with E-state index < -0.39 is 0 Å². The molecule has 1 heterocycles. The molecule has 0 aromatic heterocycles. The summed E-state index contributed by atoms with van der Waals surface area (Å²) in [6.45, 7) is 1.89. The van der Waals surface area contributed by atoms with Gasteiger partial charge in [-0.15, -0.1) is 0 Å². The van der Waals surface area contributed by atoms with Crippen LogP contribution in [-0.2, 0) is 0 Å². The second-order valence-electron chi connectivity index (χ2n) is 4.35. The van der Waals surface area contributed by atoms with Crippen LogP contribution in [0.3, 0.4) is 0 Å². The van der Waals surface area contributed by atoms with E-state index in [1.165, 1.54) is 0 Å². The summed E-state index contributed by atoms with van der Waals surface area (Å²) in [5.41, 5.74) is 1.49. The van der Waals surface area contributed by atoms with E-state index in [2.05, 4.69) is 4.99 Å². The van der Waals surface area contributed by atoms with Crippen LogP contribution in [0.1, 0.15) is 6.92 Å². The molecule has 2 aromatic rings. The molecule has 1 aliphatic heterocycles. The number of benzene rings is 2. The first-order valence-corrected chi connectivity index (χ1v) is 7.01. The molecular formula is C13H8Cl4N2. The van der Waals surface area contributed by atoms with Crippen LogP contribution in [0.4, 0.5) is 11.4 Å². The van der Waals surface area contributed by atoms with Gasteiger partial charge in [-0.05, 0) is 19.1 Å². The third kappa shape index (κ3) is 1.82. The van der Waals surface area contributed by atoms with Crippen LogP contribution in [0.2, 0.25) is 20.1 Å². The fourth-order valence-corrected chi connectivity index (χ4v) is 3.63. The Kier molecular flexibility index (Phi) is 3.10. The largest absolute Gasteiger partial charge is 0.331 e. The Hall–Kier alpha value is -0.670. The van der Waals surface area contributed by atoms with Gasteiger partial charge in [-0.3, -0.25) is 0 Å². The highest BCUT2D eigenvalue weighted by molar-refractivity contribution is 6.48. The highest BCUT2D eigenvalue weighted by Gasteiger charge is 2.25. The molecule has 0 bridgehead atoms. The van der Waals surface area contributed by atoms with Crippen molar-refractivity contribution in [2.75, 3.05) is 11.9 Å². The molecule has 0 aliphatic carbocycles. The van der Waals surface area contributed by atoms with Gasteiger partial charge >= 0.3 is 0 Å². The molecule has 0 atom stereocenters. The summed E-state index contributed by atoms with van der Waals surface area (Å²) < 4.78 is 0. The van der Waals surface area contributed by atoms with Gasteiger partial charge in [0.1, 0.15) is 5.84 Å². The first-order chi connectivity index (χ1) is 8.91. The van der Waals surface area contributed by atoms with Crippen molar-refractivity contribution in [1.29, 1.82) is 0 Å². The number of amidine groups is 1. The molecule has 1 aliphatic rings. The number of anilines is 1. The first kappa shape index (κ1) is 13.3. The highest BCUT2D eigenvalue weighted by Crippen LogP contribution is 2.50. The number of hydrogen-bond donors (Lipinski definition) is 0. The minimum Gasteiger partial charge on any atom is -0.331 e. The molecule has 6 heteroatoms. The molecule has 19 heavy (non-hydrogen) atoms. The SMILES string of the molecule is CC1=Nc2c(Cl)cc(Cl)c3c(Cl)cc(Cl)c(c23)N1C. The van der Waals surface area contributed by atoms with Crippen molar-refractivity contribution < 1.29 is 0 Å². The van der Waals surface area contributed by atoms with Gasteiger partial charge < -0.3 is 4.90 Å². The van der Waals surface area contributed by atoms with Gasteiger partial charge in [-0.2, -0.15) is 0 Å². The fourth-order valence-electron chi connectivity index (χ4n) is 2.28. The Morgan fingerprint density at radius 2 is 1.47 bits per heavy atom. The zero-order chi connectivity index (χ0) is 13.9. The van der Waals surface area contributed by atoms with Crippen molar-refractivity contribution >= 4 is 74.4 Å². The van der Waals surface area contributed by atoms with E-state index in [9.17, 15) is 0 Å². The van der Waals surface area contributed by atoms with E-state index in [0.29, 0.717) is 25.8 Å². The zero-order valence-corrected chi connectivity index (χ0v) is 13.1. The Labute approximate surface area is 130 Å². The molecule has 0 N–H and O–H groups in total. The molecule has 0 saturated carbocycles. The molecule has 98 valence electrons. The molecule has 0 unspecified atom stereocenters. The van der Waals surface area contributed by atoms with Crippen LogP contribution in [0, 0.1) is 0 Å². The quantitative estimate of drug-likeness (QED) is 0.581. The Bertz CT molecular complexity index is 744. The number of halogens is 4. The van der Waals surface area contributed by atoms with Crippen molar-refractivity contribution in [1.82, 2.24) is 0 Å². The van der Waals surface area contributed by atoms with E-state index >= 15 is 0 Å². The molecule has 0 spiro atoms. The molecule has 0 amide bonds. The van der Waals surface area contributed by atoms with Gasteiger partial charge in [0.25, 0.3) is 0 Å². The summed E-state index contributed by atoms with van der Waals surface area (Å²) in [7, 11) is 1.89. The molecule has 0 saturated heterocycles. The van der Waals surface area contributed by atoms with Gasteiger partial charge in [0.15, 0.2) is 0 Å². The van der Waals surface area contributed by atoms with Crippen molar-refractivity contribution in [3.05, 3.63) is 32.2 Å². The number of hydrogen-bond acceptors (Lipinski definition) is 2. The third-order valence-corrected chi connectivity index (χ3v) is 4.43. The molecule has 2 aromatic carbocycles. The van der Waals surface area contributed by atoms with Gasteiger partial charge in [-0.1, -0.05) is 46.4 Å². The van der Waals surface area contributed by atoms with Crippen LogP contribution in [0.15, 0.2) is 17.1 Å². The Morgan fingerprint density at radius 1 is 0.895 bits per heavy atom. The summed E-state index contributed by atoms with van der Waals surface area (Å²) in [4.78, 5) is 6.41. The van der Waals surface area contributed by atoms with Gasteiger partial charge in [0.2, 0.25) is 0 Å². The summed E-state index contributed by atoms with van der Waals surface area (Å²) in [6.07, 6.45) is 0. The van der Waals surface area contributed by atoms with Crippen LogP contribution < -0.4 is 4.90 Å². The average Bonchev–Trinajstić information content (AvgIpc) is 2.31. The zero-order valence-electron chi connectivity index (χ0n) is 10.1. The second kappa shape index (κ2) is 4.42. The Balaban J connectivity index is 2.63. The van der Waals surface area contributed by atoms with Gasteiger partial charge in [0.05, 0.1) is 31.5 Å². The van der Waals surface area contributed by atoms with E-state index in [1.54, 1.807) is 12.1 Å². The topological polar surface area (TPSA) is 15.6 Å². The van der Waals surface area contributed by atoms with Crippen LogP contribution >= 0.6 is 46.4 Å². The van der Waals surface area contributed by atoms with E-state index in [-0.39, 0.29) is 0 Å². The normalized spacial score (nSPS) is 14.0. The monoisotopic (exact) mass is 332 g/mol. The van der Waals surface area contributed by atoms with E-state index in [1.807, 2.05) is 18.9 Å². The first-order valence-electron chi connectivity index (χ1n) is 5.50. The lowest BCUT2D eigenvalue weighted by Crippen LogP contribution is -2.25. The molecule has 0 radical (unpaired) electrons. The van der Waals surface area contributed by atoms with E-state index in [4.69, 9.17) is 46.4 Å². The van der Waals surface area contributed by atoms with Crippen LogP contribution in [0.5, 0.6) is 0 Å². The molecule has 3 rings (SSSR count). The van der Waals surface area contributed by atoms with Crippen molar-refractivity contribution in [2.45, 2.75) is 6.92 Å². The standard InChI is InChI=1S/C13H8Cl4N2/c1-5-18-12-8(16)3-6(14)10-7(15)4-9(17)13(11(10)12)19(5)2/h3-4H,1-2H3. The third-order valence-electron chi connectivity index (χ3n) is 3.26. The molecule has 0 fully saturated rings. The lowest BCUT2D eigenvalue weighted by atomic mass is 10.0. The predicted octanol–water partition coefficient (Wildman–Crippen LogP) is 5.95. The summed E-state index contributed by atoms with van der Waals surface area (Å²) >= 11 is 25.0. The smallest absolute Gasteiger partial charge is 0.106 e. The predicted molar refractivity (Wildman–Crippen MR) is 85.2 cm³/mol. The van der Waals surface area contributed by atoms with Crippen LogP contribution in [-0.4, -0.2) is 12.9 Å². The number of aliphatic imine (C=N–C) groups is 1. The maximum atomic E-state index is 6.31. The van der Waals surface area contributed by atoms with E-state index in [0.717, 1.165) is 22.3 Å². The van der Waals surface area contributed by atoms with Gasteiger partial charge in [-0.25, -0.2) is 4.99 Å². The lowest BCUT2D eigenvalue weighted by molar-refractivity contribution is 1.23. The highest BCUT2D eigenvalue weighted by atomic mass is 35.5. The van der Waals surface area contributed by atoms with Crippen LogP contribution in [0.25, 0.3) is 10.8 Å². The maximum absolute atomic E-state index is 6.31. The number of nitrogens with zero attached hydrogens (tertiary/aromatic N) is 2. The Morgan fingerprint density at radius 3 is 2.11 bits per heavy atom. The molecular weight excluding hydrogens is 326 g/mol. The summed E-state index contributed by atoms with van der Waals surface area (Å²) in [5.74, 6) is 0.808. The minimum atomic E-state index is 0.490. The lowest BCUT2D eigenvalue weighted by Gasteiger charge is -2.28. The fraction of sp³-hybridized carbons (Fsp3) is 0.154. The van der Waals surface area contributed by atoms with Crippen molar-refractivity contribution in [3.8, 4) is 0 Å². The van der Waals surface area contributed by atoms with Crippen molar-refractivity contribution in [2.24, 2.45) is 4.99 Å².